The summed E-state index contributed by atoms with van der Waals surface area (Å²) < 4.78 is 0. The van der Waals surface area contributed by atoms with E-state index in [4.69, 9.17) is 5.26 Å². The number of nitriles is 1. The smallest absolute Gasteiger partial charge is 0.225 e. The first-order valence-electron chi connectivity index (χ1n) is 5.48. The molecule has 4 heteroatoms. The maximum atomic E-state index is 11.7. The molecule has 0 aromatic carbocycles. The summed E-state index contributed by atoms with van der Waals surface area (Å²) in [6.07, 6.45) is 0. The molecule has 0 N–H and O–H groups in total. The van der Waals surface area contributed by atoms with E-state index in [0.717, 1.165) is 26.2 Å². The first-order chi connectivity index (χ1) is 7.06. The Morgan fingerprint density at radius 3 is 2.13 bits per heavy atom. The molecule has 0 spiro atoms. The Morgan fingerprint density at radius 2 is 1.73 bits per heavy atom. The molecule has 15 heavy (non-hydrogen) atoms. The Hall–Kier alpha value is -1.08. The maximum absolute atomic E-state index is 11.7. The number of nitrogens with zero attached hydrogens (tertiary/aromatic N) is 3. The van der Waals surface area contributed by atoms with Gasteiger partial charge in [-0.1, -0.05) is 13.8 Å². The van der Waals surface area contributed by atoms with Crippen LogP contribution in [0.4, 0.5) is 0 Å². The highest BCUT2D eigenvalue weighted by atomic mass is 16.2. The van der Waals surface area contributed by atoms with Crippen LogP contribution in [-0.4, -0.2) is 47.9 Å². The van der Waals surface area contributed by atoms with Gasteiger partial charge in [0.25, 0.3) is 0 Å². The number of rotatable bonds is 2. The average molecular weight is 209 g/mol. The number of hydrogen-bond acceptors (Lipinski definition) is 3. The SMILES string of the molecule is CC(C)C(=O)N1CCN(C(C)C#N)CC1. The third-order valence-corrected chi connectivity index (χ3v) is 2.85. The van der Waals surface area contributed by atoms with Crippen LogP contribution >= 0.6 is 0 Å². The fraction of sp³-hybridized carbons (Fsp3) is 0.818. The van der Waals surface area contributed by atoms with Gasteiger partial charge in [0, 0.05) is 32.1 Å². The average Bonchev–Trinajstić information content (AvgIpc) is 2.27. The van der Waals surface area contributed by atoms with Crippen molar-refractivity contribution in [3.63, 3.8) is 0 Å². The van der Waals surface area contributed by atoms with Crippen molar-refractivity contribution < 1.29 is 4.79 Å². The molecule has 0 aromatic rings. The van der Waals surface area contributed by atoms with E-state index in [2.05, 4.69) is 11.0 Å². The van der Waals surface area contributed by atoms with Gasteiger partial charge >= 0.3 is 0 Å². The van der Waals surface area contributed by atoms with Gasteiger partial charge in [-0.3, -0.25) is 9.69 Å². The van der Waals surface area contributed by atoms with Crippen LogP contribution in [0.25, 0.3) is 0 Å². The van der Waals surface area contributed by atoms with Crippen LogP contribution in [0.2, 0.25) is 0 Å². The van der Waals surface area contributed by atoms with Gasteiger partial charge in [-0.15, -0.1) is 0 Å². The first-order valence-corrected chi connectivity index (χ1v) is 5.48. The van der Waals surface area contributed by atoms with Crippen LogP contribution in [0, 0.1) is 17.2 Å². The summed E-state index contributed by atoms with van der Waals surface area (Å²) in [6, 6.07) is 2.18. The number of piperazine rings is 1. The lowest BCUT2D eigenvalue weighted by molar-refractivity contribution is -0.136. The van der Waals surface area contributed by atoms with Gasteiger partial charge in [0.1, 0.15) is 0 Å². The molecule has 1 aliphatic rings. The van der Waals surface area contributed by atoms with E-state index in [0.29, 0.717) is 0 Å². The van der Waals surface area contributed by atoms with Gasteiger partial charge in [-0.25, -0.2) is 0 Å². The number of hydrogen-bond donors (Lipinski definition) is 0. The van der Waals surface area contributed by atoms with Gasteiger partial charge in [-0.2, -0.15) is 5.26 Å². The van der Waals surface area contributed by atoms with Crippen molar-refractivity contribution in [2.75, 3.05) is 26.2 Å². The molecule has 0 aliphatic carbocycles. The number of amides is 1. The summed E-state index contributed by atoms with van der Waals surface area (Å²) in [5.41, 5.74) is 0. The van der Waals surface area contributed by atoms with Gasteiger partial charge in [-0.05, 0) is 6.92 Å². The highest BCUT2D eigenvalue weighted by molar-refractivity contribution is 5.78. The Bertz CT molecular complexity index is 261. The van der Waals surface area contributed by atoms with E-state index in [1.54, 1.807) is 0 Å². The summed E-state index contributed by atoms with van der Waals surface area (Å²) in [4.78, 5) is 15.7. The van der Waals surface area contributed by atoms with E-state index in [1.165, 1.54) is 0 Å². The lowest BCUT2D eigenvalue weighted by Gasteiger charge is -2.36. The van der Waals surface area contributed by atoms with Crippen molar-refractivity contribution in [3.8, 4) is 6.07 Å². The largest absolute Gasteiger partial charge is 0.340 e. The highest BCUT2D eigenvalue weighted by Gasteiger charge is 2.24. The zero-order chi connectivity index (χ0) is 11.4. The number of carbonyl (C=O) groups excluding carboxylic acids is 1. The minimum absolute atomic E-state index is 0.0405. The summed E-state index contributed by atoms with van der Waals surface area (Å²) in [6.45, 7) is 8.88. The van der Waals surface area contributed by atoms with Crippen molar-refractivity contribution in [3.05, 3.63) is 0 Å². The molecule has 0 aromatic heterocycles. The minimum Gasteiger partial charge on any atom is -0.340 e. The molecule has 0 radical (unpaired) electrons. The fourth-order valence-corrected chi connectivity index (χ4v) is 1.78. The standard InChI is InChI=1S/C11H19N3O/c1-9(2)11(15)14-6-4-13(5-7-14)10(3)8-12/h9-10H,4-7H2,1-3H3. The second-order valence-corrected chi connectivity index (χ2v) is 4.32. The molecule has 0 bridgehead atoms. The van der Waals surface area contributed by atoms with Crippen LogP contribution in [-0.2, 0) is 4.79 Å². The van der Waals surface area contributed by atoms with Gasteiger partial charge in [0.2, 0.25) is 5.91 Å². The zero-order valence-electron chi connectivity index (χ0n) is 9.73. The van der Waals surface area contributed by atoms with Crippen LogP contribution in [0.1, 0.15) is 20.8 Å². The lowest BCUT2D eigenvalue weighted by Crippen LogP contribution is -2.51. The summed E-state index contributed by atoms with van der Waals surface area (Å²) >= 11 is 0. The van der Waals surface area contributed by atoms with Crippen molar-refractivity contribution in [1.82, 2.24) is 9.80 Å². The third-order valence-electron chi connectivity index (χ3n) is 2.85. The molecular formula is C11H19N3O. The van der Waals surface area contributed by atoms with Crippen LogP contribution in [0.3, 0.4) is 0 Å². The van der Waals surface area contributed by atoms with Crippen LogP contribution in [0.15, 0.2) is 0 Å². The Labute approximate surface area is 91.5 Å². The summed E-state index contributed by atoms with van der Waals surface area (Å²) in [5, 5.41) is 8.78. The molecule has 4 nitrogen and oxygen atoms in total. The molecular weight excluding hydrogens is 190 g/mol. The van der Waals surface area contributed by atoms with E-state index in [9.17, 15) is 4.79 Å². The summed E-state index contributed by atoms with van der Waals surface area (Å²) in [7, 11) is 0. The van der Waals surface area contributed by atoms with Crippen molar-refractivity contribution >= 4 is 5.91 Å². The van der Waals surface area contributed by atoms with Crippen molar-refractivity contribution in [2.45, 2.75) is 26.8 Å². The predicted octanol–water partition coefficient (Wildman–Crippen LogP) is 0.699. The van der Waals surface area contributed by atoms with Crippen molar-refractivity contribution in [2.24, 2.45) is 5.92 Å². The second-order valence-electron chi connectivity index (χ2n) is 4.32. The normalized spacial score (nSPS) is 20.1. The second kappa shape index (κ2) is 5.13. The predicted molar refractivity (Wildman–Crippen MR) is 58.1 cm³/mol. The maximum Gasteiger partial charge on any atom is 0.225 e. The molecule has 1 fully saturated rings. The van der Waals surface area contributed by atoms with Gasteiger partial charge < -0.3 is 4.90 Å². The fourth-order valence-electron chi connectivity index (χ4n) is 1.78. The molecule has 1 heterocycles. The molecule has 1 rings (SSSR count). The van der Waals surface area contributed by atoms with Crippen LogP contribution < -0.4 is 0 Å². The molecule has 1 unspecified atom stereocenters. The van der Waals surface area contributed by atoms with E-state index in [-0.39, 0.29) is 17.9 Å². The molecule has 1 aliphatic heterocycles. The van der Waals surface area contributed by atoms with E-state index in [1.807, 2.05) is 25.7 Å². The van der Waals surface area contributed by atoms with Crippen molar-refractivity contribution in [1.29, 1.82) is 5.26 Å². The summed E-state index contributed by atoms with van der Waals surface area (Å²) in [5.74, 6) is 0.296. The molecule has 1 atom stereocenters. The molecule has 1 saturated heterocycles. The van der Waals surface area contributed by atoms with Gasteiger partial charge in [0.15, 0.2) is 0 Å². The highest BCUT2D eigenvalue weighted by Crippen LogP contribution is 2.09. The van der Waals surface area contributed by atoms with E-state index >= 15 is 0 Å². The molecule has 84 valence electrons. The Kier molecular flexibility index (Phi) is 4.10. The quantitative estimate of drug-likeness (QED) is 0.672. The monoisotopic (exact) mass is 209 g/mol. The van der Waals surface area contributed by atoms with Gasteiger partial charge in [0.05, 0.1) is 12.1 Å². The molecule has 1 amide bonds. The van der Waals surface area contributed by atoms with E-state index < -0.39 is 0 Å². The zero-order valence-corrected chi connectivity index (χ0v) is 9.73. The third kappa shape index (κ3) is 2.93. The first kappa shape index (κ1) is 12.0. The topological polar surface area (TPSA) is 47.3 Å². The molecule has 0 saturated carbocycles. The Balaban J connectivity index is 2.43. The number of carbonyl (C=O) groups is 1. The lowest BCUT2D eigenvalue weighted by atomic mass is 10.1. The van der Waals surface area contributed by atoms with Crippen LogP contribution in [0.5, 0.6) is 0 Å². The minimum atomic E-state index is -0.0405. The Morgan fingerprint density at radius 1 is 1.20 bits per heavy atom.